The molecule has 0 atom stereocenters. The number of benzene rings is 1. The van der Waals surface area contributed by atoms with Gasteiger partial charge in [0.25, 0.3) is 0 Å². The molecular formula is C14H19ClN2. The molecule has 3 heteroatoms. The fourth-order valence-corrected chi connectivity index (χ4v) is 2.24. The lowest BCUT2D eigenvalue weighted by molar-refractivity contribution is 0.194. The summed E-state index contributed by atoms with van der Waals surface area (Å²) in [5.41, 5.74) is 2.59. The van der Waals surface area contributed by atoms with Gasteiger partial charge in [0, 0.05) is 21.9 Å². The van der Waals surface area contributed by atoms with Gasteiger partial charge in [0.05, 0.1) is 6.67 Å². The summed E-state index contributed by atoms with van der Waals surface area (Å²) in [4.78, 5) is 4.62. The average Bonchev–Trinajstić information content (AvgIpc) is 2.24. The summed E-state index contributed by atoms with van der Waals surface area (Å²) in [6.07, 6.45) is 2.30. The maximum Gasteiger partial charge on any atom is 0.0757 e. The molecule has 2 nitrogen and oxygen atoms in total. The molecule has 1 aliphatic heterocycles. The van der Waals surface area contributed by atoms with Gasteiger partial charge in [-0.3, -0.25) is 4.90 Å². The normalized spacial score (nSPS) is 20.3. The van der Waals surface area contributed by atoms with Crippen LogP contribution in [-0.4, -0.2) is 24.2 Å². The van der Waals surface area contributed by atoms with Crippen LogP contribution in [0, 0.1) is 0 Å². The molecule has 0 saturated carbocycles. The molecular weight excluding hydrogens is 232 g/mol. The molecule has 1 heterocycles. The Morgan fingerprint density at radius 2 is 1.76 bits per heavy atom. The number of hydrogen-bond acceptors (Lipinski definition) is 2. The maximum atomic E-state index is 5.92. The van der Waals surface area contributed by atoms with E-state index in [0.29, 0.717) is 0 Å². The molecule has 0 aromatic heterocycles. The molecule has 0 aliphatic carbocycles. The average molecular weight is 251 g/mol. The fourth-order valence-electron chi connectivity index (χ4n) is 2.11. The van der Waals surface area contributed by atoms with Crippen LogP contribution in [0.5, 0.6) is 0 Å². The number of halogens is 1. The van der Waals surface area contributed by atoms with Crippen molar-refractivity contribution >= 4 is 17.3 Å². The first-order chi connectivity index (χ1) is 7.90. The van der Waals surface area contributed by atoms with Gasteiger partial charge < -0.3 is 4.90 Å². The SMILES string of the molecule is CC1=CC(C)(C)N(C)CN1c1ccc(Cl)cc1. The molecule has 1 aromatic carbocycles. The van der Waals surface area contributed by atoms with Crippen LogP contribution in [0.3, 0.4) is 0 Å². The highest BCUT2D eigenvalue weighted by atomic mass is 35.5. The Balaban J connectivity index is 2.32. The lowest BCUT2D eigenvalue weighted by Crippen LogP contribution is -2.50. The molecule has 0 fully saturated rings. The highest BCUT2D eigenvalue weighted by Gasteiger charge is 2.28. The van der Waals surface area contributed by atoms with E-state index >= 15 is 0 Å². The molecule has 0 unspecified atom stereocenters. The minimum Gasteiger partial charge on any atom is -0.332 e. The number of allylic oxidation sites excluding steroid dienone is 1. The Morgan fingerprint density at radius 3 is 2.35 bits per heavy atom. The minimum atomic E-state index is 0.118. The van der Waals surface area contributed by atoms with Gasteiger partial charge in [0.15, 0.2) is 0 Å². The Labute approximate surface area is 108 Å². The van der Waals surface area contributed by atoms with Crippen molar-refractivity contribution in [3.8, 4) is 0 Å². The van der Waals surface area contributed by atoms with Gasteiger partial charge in [-0.15, -0.1) is 0 Å². The van der Waals surface area contributed by atoms with Crippen LogP contribution >= 0.6 is 11.6 Å². The Kier molecular flexibility index (Phi) is 3.19. The quantitative estimate of drug-likeness (QED) is 0.749. The van der Waals surface area contributed by atoms with E-state index in [2.05, 4.69) is 55.8 Å². The Bertz CT molecular complexity index is 434. The third kappa shape index (κ3) is 2.48. The van der Waals surface area contributed by atoms with Crippen molar-refractivity contribution < 1.29 is 0 Å². The molecule has 0 radical (unpaired) electrons. The summed E-state index contributed by atoms with van der Waals surface area (Å²) in [5, 5.41) is 0.779. The third-order valence-corrected chi connectivity index (χ3v) is 3.72. The molecule has 1 aromatic rings. The predicted molar refractivity (Wildman–Crippen MR) is 74.4 cm³/mol. The number of hydrogen-bond donors (Lipinski definition) is 0. The smallest absolute Gasteiger partial charge is 0.0757 e. The predicted octanol–water partition coefficient (Wildman–Crippen LogP) is 3.73. The first-order valence-electron chi connectivity index (χ1n) is 5.84. The lowest BCUT2D eigenvalue weighted by Gasteiger charge is -2.43. The Morgan fingerprint density at radius 1 is 1.18 bits per heavy atom. The summed E-state index contributed by atoms with van der Waals surface area (Å²) in [6.45, 7) is 7.52. The van der Waals surface area contributed by atoms with Crippen molar-refractivity contribution in [1.29, 1.82) is 0 Å². The van der Waals surface area contributed by atoms with Crippen LogP contribution in [0.1, 0.15) is 20.8 Å². The molecule has 0 amide bonds. The molecule has 0 N–H and O–H groups in total. The second-order valence-electron chi connectivity index (χ2n) is 5.18. The van der Waals surface area contributed by atoms with Crippen LogP contribution < -0.4 is 4.90 Å². The van der Waals surface area contributed by atoms with E-state index in [0.717, 1.165) is 11.7 Å². The third-order valence-electron chi connectivity index (χ3n) is 3.46. The van der Waals surface area contributed by atoms with E-state index in [1.807, 2.05) is 12.1 Å². The van der Waals surface area contributed by atoms with E-state index in [-0.39, 0.29) is 5.54 Å². The van der Waals surface area contributed by atoms with Gasteiger partial charge in [-0.25, -0.2) is 0 Å². The fraction of sp³-hybridized carbons (Fsp3) is 0.429. The van der Waals surface area contributed by atoms with Gasteiger partial charge >= 0.3 is 0 Å². The van der Waals surface area contributed by atoms with Gasteiger partial charge in [-0.1, -0.05) is 11.6 Å². The number of rotatable bonds is 1. The monoisotopic (exact) mass is 250 g/mol. The summed E-state index contributed by atoms with van der Waals surface area (Å²) in [5.74, 6) is 0. The highest BCUT2D eigenvalue weighted by Crippen LogP contribution is 2.29. The van der Waals surface area contributed by atoms with Gasteiger partial charge in [0.2, 0.25) is 0 Å². The van der Waals surface area contributed by atoms with E-state index in [9.17, 15) is 0 Å². The van der Waals surface area contributed by atoms with E-state index in [1.54, 1.807) is 0 Å². The van der Waals surface area contributed by atoms with Crippen LogP contribution in [-0.2, 0) is 0 Å². The zero-order chi connectivity index (χ0) is 12.6. The molecule has 17 heavy (non-hydrogen) atoms. The summed E-state index contributed by atoms with van der Waals surface area (Å²) in [6, 6.07) is 7.99. The van der Waals surface area contributed by atoms with Gasteiger partial charge in [-0.2, -0.15) is 0 Å². The van der Waals surface area contributed by atoms with Crippen molar-refractivity contribution in [3.63, 3.8) is 0 Å². The summed E-state index contributed by atoms with van der Waals surface area (Å²) < 4.78 is 0. The van der Waals surface area contributed by atoms with Gasteiger partial charge in [-0.05, 0) is 58.2 Å². The number of likely N-dealkylation sites (N-methyl/N-ethyl adjacent to an activating group) is 1. The molecule has 1 aliphatic rings. The Hall–Kier alpha value is -0.990. The number of nitrogens with zero attached hydrogens (tertiary/aromatic N) is 2. The van der Waals surface area contributed by atoms with E-state index < -0.39 is 0 Å². The lowest BCUT2D eigenvalue weighted by atomic mass is 9.99. The second kappa shape index (κ2) is 4.35. The molecule has 0 spiro atoms. The first kappa shape index (κ1) is 12.5. The largest absolute Gasteiger partial charge is 0.332 e. The topological polar surface area (TPSA) is 6.48 Å². The molecule has 2 rings (SSSR count). The van der Waals surface area contributed by atoms with Crippen molar-refractivity contribution in [2.75, 3.05) is 18.6 Å². The van der Waals surface area contributed by atoms with Crippen molar-refractivity contribution in [3.05, 3.63) is 41.1 Å². The molecule has 92 valence electrons. The zero-order valence-electron chi connectivity index (χ0n) is 10.9. The van der Waals surface area contributed by atoms with Crippen LogP contribution in [0.4, 0.5) is 5.69 Å². The second-order valence-corrected chi connectivity index (χ2v) is 5.62. The molecule has 0 saturated heterocycles. The zero-order valence-corrected chi connectivity index (χ0v) is 11.6. The van der Waals surface area contributed by atoms with E-state index in [1.165, 1.54) is 11.4 Å². The van der Waals surface area contributed by atoms with Gasteiger partial charge in [0.1, 0.15) is 0 Å². The van der Waals surface area contributed by atoms with Crippen LogP contribution in [0.2, 0.25) is 5.02 Å². The van der Waals surface area contributed by atoms with Crippen LogP contribution in [0.15, 0.2) is 36.0 Å². The highest BCUT2D eigenvalue weighted by molar-refractivity contribution is 6.30. The summed E-state index contributed by atoms with van der Waals surface area (Å²) >= 11 is 5.92. The first-order valence-corrected chi connectivity index (χ1v) is 6.22. The number of anilines is 1. The maximum absolute atomic E-state index is 5.92. The van der Waals surface area contributed by atoms with Crippen LogP contribution in [0.25, 0.3) is 0 Å². The van der Waals surface area contributed by atoms with Crippen molar-refractivity contribution in [2.45, 2.75) is 26.3 Å². The minimum absolute atomic E-state index is 0.118. The van der Waals surface area contributed by atoms with Crippen molar-refractivity contribution in [1.82, 2.24) is 4.90 Å². The van der Waals surface area contributed by atoms with E-state index in [4.69, 9.17) is 11.6 Å². The molecule has 0 bridgehead atoms. The summed E-state index contributed by atoms with van der Waals surface area (Å²) in [7, 11) is 2.14. The standard InChI is InChI=1S/C14H19ClN2/c1-11-9-14(2,3)16(4)10-17(11)13-7-5-12(15)6-8-13/h5-9H,10H2,1-4H3. The van der Waals surface area contributed by atoms with Crippen molar-refractivity contribution in [2.24, 2.45) is 0 Å².